The van der Waals surface area contributed by atoms with Gasteiger partial charge in [0.25, 0.3) is 0 Å². The molecule has 3 rings (SSSR count). The zero-order valence-corrected chi connectivity index (χ0v) is 17.7. The summed E-state index contributed by atoms with van der Waals surface area (Å²) in [6.07, 6.45) is 13.2. The SMILES string of the molecule is CC(C)OCC(=O)N1CCC(CCCCNC(=O)N2C=C3C=CNC=C3C2)CC1. The number of unbranched alkanes of at least 4 members (excludes halogenated alkanes) is 1. The highest BCUT2D eigenvalue weighted by atomic mass is 16.5. The van der Waals surface area contributed by atoms with Crippen LogP contribution in [0.3, 0.4) is 0 Å². The summed E-state index contributed by atoms with van der Waals surface area (Å²) in [6, 6.07) is -0.0309. The second kappa shape index (κ2) is 10.5. The van der Waals surface area contributed by atoms with Crippen molar-refractivity contribution < 1.29 is 14.3 Å². The Morgan fingerprint density at radius 3 is 2.79 bits per heavy atom. The molecule has 29 heavy (non-hydrogen) atoms. The number of allylic oxidation sites excluding steroid dienone is 1. The van der Waals surface area contributed by atoms with E-state index in [0.717, 1.165) is 56.3 Å². The van der Waals surface area contributed by atoms with Crippen molar-refractivity contribution in [2.75, 3.05) is 32.8 Å². The van der Waals surface area contributed by atoms with Gasteiger partial charge in [0.2, 0.25) is 5.91 Å². The topological polar surface area (TPSA) is 73.9 Å². The predicted octanol–water partition coefficient (Wildman–Crippen LogP) is 2.73. The van der Waals surface area contributed by atoms with Crippen molar-refractivity contribution in [2.45, 2.75) is 52.1 Å². The summed E-state index contributed by atoms with van der Waals surface area (Å²) >= 11 is 0. The highest BCUT2D eigenvalue weighted by Crippen LogP contribution is 2.24. The maximum absolute atomic E-state index is 12.3. The number of amides is 3. The number of fused-ring (bicyclic) bond motifs is 1. The van der Waals surface area contributed by atoms with Crippen molar-refractivity contribution in [2.24, 2.45) is 5.92 Å². The fraction of sp³-hybridized carbons (Fsp3) is 0.636. The Labute approximate surface area is 173 Å². The summed E-state index contributed by atoms with van der Waals surface area (Å²) in [4.78, 5) is 28.1. The van der Waals surface area contributed by atoms with Gasteiger partial charge in [0.1, 0.15) is 6.61 Å². The second-order valence-corrected chi connectivity index (χ2v) is 8.29. The van der Waals surface area contributed by atoms with Crippen LogP contribution < -0.4 is 10.6 Å². The highest BCUT2D eigenvalue weighted by Gasteiger charge is 2.24. The third-order valence-corrected chi connectivity index (χ3v) is 5.71. The van der Waals surface area contributed by atoms with E-state index in [2.05, 4.69) is 10.6 Å². The van der Waals surface area contributed by atoms with Crippen molar-refractivity contribution in [1.82, 2.24) is 20.4 Å². The molecule has 0 aromatic heterocycles. The standard InChI is InChI=1S/C22H34N4O3/c1-17(2)29-16-21(27)25-11-7-18(8-12-25)5-3-4-9-24-22(28)26-14-19-6-10-23-13-20(19)15-26/h6,10,13-14,17-18,23H,3-5,7-9,11-12,15-16H2,1-2H3,(H,24,28). The third kappa shape index (κ3) is 6.35. The van der Waals surface area contributed by atoms with Gasteiger partial charge in [0, 0.05) is 38.2 Å². The minimum Gasteiger partial charge on any atom is -0.369 e. The van der Waals surface area contributed by atoms with Crippen LogP contribution in [0.15, 0.2) is 35.8 Å². The highest BCUT2D eigenvalue weighted by molar-refractivity contribution is 5.78. The molecule has 0 unspecified atom stereocenters. The molecule has 0 atom stereocenters. The molecule has 3 amide bonds. The number of rotatable bonds is 8. The van der Waals surface area contributed by atoms with Gasteiger partial charge in [-0.15, -0.1) is 0 Å². The van der Waals surface area contributed by atoms with E-state index in [1.807, 2.05) is 43.4 Å². The molecule has 0 aromatic rings. The minimum atomic E-state index is -0.0309. The summed E-state index contributed by atoms with van der Waals surface area (Å²) in [5, 5.41) is 6.08. The van der Waals surface area contributed by atoms with E-state index in [1.165, 1.54) is 0 Å². The fourth-order valence-electron chi connectivity index (χ4n) is 3.92. The van der Waals surface area contributed by atoms with Crippen LogP contribution in [0.4, 0.5) is 4.79 Å². The molecule has 0 aromatic carbocycles. The van der Waals surface area contributed by atoms with Crippen molar-refractivity contribution in [3.05, 3.63) is 35.8 Å². The van der Waals surface area contributed by atoms with E-state index in [9.17, 15) is 9.59 Å². The van der Waals surface area contributed by atoms with Gasteiger partial charge in [0.15, 0.2) is 0 Å². The Kier molecular flexibility index (Phi) is 7.75. The molecular weight excluding hydrogens is 368 g/mol. The summed E-state index contributed by atoms with van der Waals surface area (Å²) in [7, 11) is 0. The lowest BCUT2D eigenvalue weighted by Crippen LogP contribution is -2.40. The number of ether oxygens (including phenoxy) is 1. The first-order chi connectivity index (χ1) is 14.0. The summed E-state index contributed by atoms with van der Waals surface area (Å²) < 4.78 is 5.42. The molecule has 3 aliphatic rings. The molecule has 3 aliphatic heterocycles. The Morgan fingerprint density at radius 1 is 1.28 bits per heavy atom. The lowest BCUT2D eigenvalue weighted by atomic mass is 9.91. The first-order valence-electron chi connectivity index (χ1n) is 10.8. The smallest absolute Gasteiger partial charge is 0.321 e. The van der Waals surface area contributed by atoms with Crippen LogP contribution in [0.25, 0.3) is 0 Å². The number of hydrogen-bond donors (Lipinski definition) is 2. The van der Waals surface area contributed by atoms with Crippen LogP contribution in [0.1, 0.15) is 46.0 Å². The van der Waals surface area contributed by atoms with Gasteiger partial charge < -0.3 is 20.3 Å². The van der Waals surface area contributed by atoms with Crippen molar-refractivity contribution >= 4 is 11.9 Å². The molecule has 1 fully saturated rings. The molecule has 1 saturated heterocycles. The van der Waals surface area contributed by atoms with Crippen LogP contribution in [0, 0.1) is 5.92 Å². The first-order valence-corrected chi connectivity index (χ1v) is 10.8. The number of piperidine rings is 1. The van der Waals surface area contributed by atoms with Gasteiger partial charge >= 0.3 is 6.03 Å². The molecule has 7 nitrogen and oxygen atoms in total. The van der Waals surface area contributed by atoms with E-state index < -0.39 is 0 Å². The molecule has 160 valence electrons. The summed E-state index contributed by atoms with van der Waals surface area (Å²) in [5.74, 6) is 0.789. The number of nitrogens with one attached hydrogen (secondary N) is 2. The van der Waals surface area contributed by atoms with Gasteiger partial charge in [-0.25, -0.2) is 4.79 Å². The van der Waals surface area contributed by atoms with E-state index >= 15 is 0 Å². The van der Waals surface area contributed by atoms with E-state index in [4.69, 9.17) is 4.74 Å². The number of carbonyl (C=O) groups is 2. The quantitative estimate of drug-likeness (QED) is 0.612. The van der Waals surface area contributed by atoms with Gasteiger partial charge in [-0.2, -0.15) is 0 Å². The molecular formula is C22H34N4O3. The number of urea groups is 1. The summed E-state index contributed by atoms with van der Waals surface area (Å²) in [6.45, 7) is 7.09. The number of dihydropyridines is 1. The first kappa shape index (κ1) is 21.4. The molecule has 0 spiro atoms. The van der Waals surface area contributed by atoms with E-state index in [1.54, 1.807) is 4.90 Å². The molecule has 7 heteroatoms. The maximum Gasteiger partial charge on any atom is 0.321 e. The Morgan fingerprint density at radius 2 is 2.07 bits per heavy atom. The summed E-state index contributed by atoms with van der Waals surface area (Å²) in [5.41, 5.74) is 2.24. The van der Waals surface area contributed by atoms with Gasteiger partial charge in [-0.05, 0) is 56.3 Å². The zero-order chi connectivity index (χ0) is 20.6. The van der Waals surface area contributed by atoms with Crippen LogP contribution in [-0.2, 0) is 9.53 Å². The number of nitrogens with zero attached hydrogens (tertiary/aromatic N) is 2. The minimum absolute atomic E-state index is 0.0309. The van der Waals surface area contributed by atoms with Crippen LogP contribution in [0.2, 0.25) is 0 Å². The monoisotopic (exact) mass is 402 g/mol. The fourth-order valence-corrected chi connectivity index (χ4v) is 3.92. The van der Waals surface area contributed by atoms with Crippen molar-refractivity contribution in [3.8, 4) is 0 Å². The second-order valence-electron chi connectivity index (χ2n) is 8.29. The molecule has 0 radical (unpaired) electrons. The number of hydrogen-bond acceptors (Lipinski definition) is 4. The van der Waals surface area contributed by atoms with Crippen molar-refractivity contribution in [3.63, 3.8) is 0 Å². The Balaban J connectivity index is 1.25. The number of carbonyl (C=O) groups excluding carboxylic acids is 2. The van der Waals surface area contributed by atoms with E-state index in [0.29, 0.717) is 19.0 Å². The maximum atomic E-state index is 12.3. The van der Waals surface area contributed by atoms with Crippen molar-refractivity contribution in [1.29, 1.82) is 0 Å². The molecule has 3 heterocycles. The molecule has 0 bridgehead atoms. The number of likely N-dealkylation sites (tertiary alicyclic amines) is 1. The van der Waals surface area contributed by atoms with Gasteiger partial charge in [-0.3, -0.25) is 9.69 Å². The van der Waals surface area contributed by atoms with Crippen LogP contribution >= 0.6 is 0 Å². The third-order valence-electron chi connectivity index (χ3n) is 5.71. The van der Waals surface area contributed by atoms with Crippen LogP contribution in [0.5, 0.6) is 0 Å². The lowest BCUT2D eigenvalue weighted by Gasteiger charge is -2.32. The Hall–Kier alpha value is -2.28. The Bertz CT molecular complexity index is 676. The zero-order valence-electron chi connectivity index (χ0n) is 17.7. The van der Waals surface area contributed by atoms with Gasteiger partial charge in [-0.1, -0.05) is 12.8 Å². The van der Waals surface area contributed by atoms with Gasteiger partial charge in [0.05, 0.1) is 12.6 Å². The van der Waals surface area contributed by atoms with E-state index in [-0.39, 0.29) is 24.6 Å². The molecule has 2 N–H and O–H groups in total. The average Bonchev–Trinajstić information content (AvgIpc) is 3.16. The lowest BCUT2D eigenvalue weighted by molar-refractivity contribution is -0.139. The predicted molar refractivity (Wildman–Crippen MR) is 113 cm³/mol. The average molecular weight is 403 g/mol. The largest absolute Gasteiger partial charge is 0.369 e. The molecule has 0 aliphatic carbocycles. The normalized spacial score (nSPS) is 19.0. The van der Waals surface area contributed by atoms with Crippen LogP contribution in [-0.4, -0.2) is 60.6 Å². The molecule has 0 saturated carbocycles.